The molecule has 1 aliphatic heterocycles. The predicted molar refractivity (Wildman–Crippen MR) is 69.3 cm³/mol. The zero-order chi connectivity index (χ0) is 14.9. The number of hydrogen-bond donors (Lipinski definition) is 4. The fraction of sp³-hybridized carbons (Fsp3) is 0.462. The van der Waals surface area contributed by atoms with Gasteiger partial charge in [-0.15, -0.1) is 0 Å². The van der Waals surface area contributed by atoms with E-state index in [9.17, 15) is 20.1 Å². The number of carbonyl (C=O) groups is 1. The highest BCUT2D eigenvalue weighted by molar-refractivity contribution is 6.67. The van der Waals surface area contributed by atoms with Gasteiger partial charge in [-0.25, -0.2) is 0 Å². The Balaban J connectivity index is 2.39. The fourth-order valence-corrected chi connectivity index (χ4v) is 2.45. The van der Waals surface area contributed by atoms with Crippen LogP contribution in [-0.4, -0.2) is 56.7 Å². The van der Waals surface area contributed by atoms with E-state index in [1.54, 1.807) is 12.1 Å². The second-order valence-electron chi connectivity index (χ2n) is 4.61. The molecule has 1 aromatic carbocycles. The third-order valence-electron chi connectivity index (χ3n) is 3.37. The van der Waals surface area contributed by atoms with E-state index in [4.69, 9.17) is 21.4 Å². The lowest BCUT2D eigenvalue weighted by Gasteiger charge is -2.40. The lowest BCUT2D eigenvalue weighted by atomic mass is 9.89. The molecule has 6 nitrogen and oxygen atoms in total. The zero-order valence-electron chi connectivity index (χ0n) is 10.4. The maximum atomic E-state index is 11.4. The van der Waals surface area contributed by atoms with Gasteiger partial charge in [-0.2, -0.15) is 0 Å². The molecule has 20 heavy (non-hydrogen) atoms. The third kappa shape index (κ3) is 2.71. The Bertz CT molecular complexity index is 492. The van der Waals surface area contributed by atoms with Crippen molar-refractivity contribution in [2.24, 2.45) is 0 Å². The van der Waals surface area contributed by atoms with Crippen molar-refractivity contribution < 1.29 is 30.0 Å². The van der Waals surface area contributed by atoms with Gasteiger partial charge in [0, 0.05) is 5.56 Å². The minimum Gasteiger partial charge on any atom is -0.394 e. The van der Waals surface area contributed by atoms with Crippen LogP contribution in [0.3, 0.4) is 0 Å². The van der Waals surface area contributed by atoms with Crippen LogP contribution in [0.5, 0.6) is 0 Å². The summed E-state index contributed by atoms with van der Waals surface area (Å²) in [5.41, 5.74) is 0.433. The largest absolute Gasteiger partial charge is 0.394 e. The smallest absolute Gasteiger partial charge is 0.252 e. The molecule has 0 bridgehead atoms. The first kappa shape index (κ1) is 15.4. The van der Waals surface area contributed by atoms with Crippen LogP contribution >= 0.6 is 11.6 Å². The van der Waals surface area contributed by atoms with Crippen LogP contribution in [0.15, 0.2) is 24.3 Å². The predicted octanol–water partition coefficient (Wildman–Crippen LogP) is -0.419. The molecule has 0 amide bonds. The van der Waals surface area contributed by atoms with Gasteiger partial charge in [0.05, 0.1) is 6.61 Å². The number of hydrogen-bond acceptors (Lipinski definition) is 6. The molecule has 2 rings (SSSR count). The molecule has 1 unspecified atom stereocenters. The van der Waals surface area contributed by atoms with Crippen molar-refractivity contribution in [2.45, 2.75) is 30.5 Å². The number of ether oxygens (including phenoxy) is 1. The number of halogens is 1. The van der Waals surface area contributed by atoms with E-state index in [1.165, 1.54) is 12.1 Å². The lowest BCUT2D eigenvalue weighted by Crippen LogP contribution is -2.55. The molecule has 0 aliphatic carbocycles. The molecule has 1 saturated heterocycles. The van der Waals surface area contributed by atoms with E-state index in [0.717, 1.165) is 0 Å². The molecule has 4 N–H and O–H groups in total. The first-order valence-corrected chi connectivity index (χ1v) is 6.44. The van der Waals surface area contributed by atoms with Crippen molar-refractivity contribution in [3.05, 3.63) is 35.4 Å². The van der Waals surface area contributed by atoms with Gasteiger partial charge in [0.1, 0.15) is 30.5 Å². The first-order chi connectivity index (χ1) is 9.47. The number of benzene rings is 1. The molecule has 1 aliphatic rings. The van der Waals surface area contributed by atoms with Gasteiger partial charge in [0.15, 0.2) is 0 Å². The summed E-state index contributed by atoms with van der Waals surface area (Å²) in [6, 6.07) is 6.22. The van der Waals surface area contributed by atoms with Crippen molar-refractivity contribution in [1.29, 1.82) is 0 Å². The van der Waals surface area contributed by atoms with E-state index in [0.29, 0.717) is 5.56 Å². The molecule has 5 atom stereocenters. The molecule has 1 heterocycles. The monoisotopic (exact) mass is 302 g/mol. The Labute approximate surface area is 120 Å². The van der Waals surface area contributed by atoms with Gasteiger partial charge in [-0.1, -0.05) is 18.2 Å². The number of carbonyl (C=O) groups excluding carboxylic acids is 1. The summed E-state index contributed by atoms with van der Waals surface area (Å²) in [5, 5.41) is 37.9. The maximum absolute atomic E-state index is 11.4. The third-order valence-corrected chi connectivity index (χ3v) is 3.57. The van der Waals surface area contributed by atoms with Crippen LogP contribution in [0, 0.1) is 0 Å². The highest BCUT2D eigenvalue weighted by Crippen LogP contribution is 2.34. The quantitative estimate of drug-likeness (QED) is 0.565. The van der Waals surface area contributed by atoms with Crippen LogP contribution in [0.25, 0.3) is 0 Å². The van der Waals surface area contributed by atoms with Gasteiger partial charge in [-0.3, -0.25) is 4.79 Å². The van der Waals surface area contributed by atoms with E-state index in [-0.39, 0.29) is 5.56 Å². The molecule has 0 saturated carbocycles. The average Bonchev–Trinajstić information content (AvgIpc) is 2.45. The second-order valence-corrected chi connectivity index (χ2v) is 4.95. The van der Waals surface area contributed by atoms with E-state index in [1.807, 2.05) is 0 Å². The molecule has 7 heteroatoms. The molecule has 1 fully saturated rings. The van der Waals surface area contributed by atoms with Gasteiger partial charge in [0.2, 0.25) is 0 Å². The minimum absolute atomic E-state index is 0.137. The highest BCUT2D eigenvalue weighted by Gasteiger charge is 2.44. The van der Waals surface area contributed by atoms with Crippen LogP contribution < -0.4 is 0 Å². The molecular formula is C13H15ClO6. The second kappa shape index (κ2) is 6.17. The average molecular weight is 303 g/mol. The van der Waals surface area contributed by atoms with Gasteiger partial charge < -0.3 is 25.2 Å². The number of aliphatic hydroxyl groups excluding tert-OH is 4. The summed E-state index contributed by atoms with van der Waals surface area (Å²) in [7, 11) is 0. The summed E-state index contributed by atoms with van der Waals surface area (Å²) in [6.07, 6.45) is -6.47. The summed E-state index contributed by atoms with van der Waals surface area (Å²) in [4.78, 5) is 11.4. The van der Waals surface area contributed by atoms with Crippen molar-refractivity contribution in [1.82, 2.24) is 0 Å². The molecule has 110 valence electrons. The minimum atomic E-state index is -1.50. The first-order valence-electron chi connectivity index (χ1n) is 6.06. The van der Waals surface area contributed by atoms with Crippen LogP contribution in [0.1, 0.15) is 22.0 Å². The molecule has 0 spiro atoms. The summed E-state index contributed by atoms with van der Waals surface area (Å²) >= 11 is 5.47. The van der Waals surface area contributed by atoms with E-state index < -0.39 is 42.4 Å². The summed E-state index contributed by atoms with van der Waals surface area (Å²) < 4.78 is 5.39. The normalized spacial score (nSPS) is 34.0. The maximum Gasteiger partial charge on any atom is 0.252 e. The molecule has 1 aromatic rings. The topological polar surface area (TPSA) is 107 Å². The standard InChI is InChI=1S/C13H15ClO6/c14-13(19)7-4-2-1-3-6(7)12-11(18)10(17)9(16)8(5-15)20-12/h1-4,8-12,15-18H,5H2/t8-,9-,10-,11-,12?/m1/s1. The van der Waals surface area contributed by atoms with Crippen LogP contribution in [0.4, 0.5) is 0 Å². The Hall–Kier alpha value is -1.02. The Morgan fingerprint density at radius 3 is 2.40 bits per heavy atom. The van der Waals surface area contributed by atoms with Gasteiger partial charge in [-0.05, 0) is 23.2 Å². The van der Waals surface area contributed by atoms with Crippen molar-refractivity contribution in [2.75, 3.05) is 6.61 Å². The van der Waals surface area contributed by atoms with Crippen LogP contribution in [-0.2, 0) is 4.74 Å². The summed E-state index contributed by atoms with van der Waals surface area (Å²) in [5.74, 6) is 0. The lowest BCUT2D eigenvalue weighted by molar-refractivity contribution is -0.231. The molecular weight excluding hydrogens is 288 g/mol. The zero-order valence-corrected chi connectivity index (χ0v) is 11.1. The summed E-state index contributed by atoms with van der Waals surface area (Å²) in [6.45, 7) is -0.529. The van der Waals surface area contributed by atoms with Crippen molar-refractivity contribution in [3.8, 4) is 0 Å². The Morgan fingerprint density at radius 1 is 1.15 bits per heavy atom. The molecule has 0 radical (unpaired) electrons. The van der Waals surface area contributed by atoms with Gasteiger partial charge in [0.25, 0.3) is 5.24 Å². The van der Waals surface area contributed by atoms with Crippen LogP contribution in [0.2, 0.25) is 0 Å². The number of rotatable bonds is 3. The number of aliphatic hydroxyl groups is 4. The fourth-order valence-electron chi connectivity index (χ4n) is 2.28. The van der Waals surface area contributed by atoms with Crippen molar-refractivity contribution in [3.63, 3.8) is 0 Å². The molecule has 0 aromatic heterocycles. The van der Waals surface area contributed by atoms with E-state index >= 15 is 0 Å². The van der Waals surface area contributed by atoms with Crippen molar-refractivity contribution >= 4 is 16.8 Å². The Morgan fingerprint density at radius 2 is 1.80 bits per heavy atom. The highest BCUT2D eigenvalue weighted by atomic mass is 35.5. The van der Waals surface area contributed by atoms with Gasteiger partial charge >= 0.3 is 0 Å². The SMILES string of the molecule is O=C(Cl)c1ccccc1C1O[C@H](CO)[C@@H](O)[C@@H](O)[C@H]1O. The van der Waals surface area contributed by atoms with E-state index in [2.05, 4.69) is 0 Å². The Kier molecular flexibility index (Phi) is 4.74.